The maximum atomic E-state index is 12.9. The highest BCUT2D eigenvalue weighted by molar-refractivity contribution is 7.47. The predicted molar refractivity (Wildman–Crippen MR) is 288 cm³/mol. The van der Waals surface area contributed by atoms with Gasteiger partial charge < -0.3 is 24.2 Å². The molecule has 11 nitrogen and oxygen atoms in total. The average Bonchev–Trinajstić information content (AvgIpc) is 3.35. The number of rotatable bonds is 49. The first-order chi connectivity index (χ1) is 34.2. The number of phosphoric acid groups is 1. The van der Waals surface area contributed by atoms with Crippen LogP contribution in [0.25, 0.3) is 0 Å². The second-order valence-corrected chi connectivity index (χ2v) is 19.1. The minimum atomic E-state index is -4.77. The summed E-state index contributed by atoms with van der Waals surface area (Å²) in [6.07, 6.45) is 59.5. The quantitative estimate of drug-likeness (QED) is 0.0197. The Bertz CT molecular complexity index is 1540. The van der Waals surface area contributed by atoms with Crippen molar-refractivity contribution in [2.45, 2.75) is 226 Å². The number of aliphatic hydroxyl groups is 1. The zero-order valence-electron chi connectivity index (χ0n) is 43.9. The van der Waals surface area contributed by atoms with Gasteiger partial charge in [0, 0.05) is 19.3 Å². The molecule has 0 radical (unpaired) electrons. The van der Waals surface area contributed by atoms with Crippen LogP contribution in [-0.2, 0) is 42.2 Å². The molecule has 400 valence electrons. The summed E-state index contributed by atoms with van der Waals surface area (Å²) in [7, 11) is -4.77. The van der Waals surface area contributed by atoms with Crippen molar-refractivity contribution in [1.82, 2.24) is 0 Å². The Morgan fingerprint density at radius 1 is 0.414 bits per heavy atom. The van der Waals surface area contributed by atoms with Crippen molar-refractivity contribution in [3.63, 3.8) is 0 Å². The van der Waals surface area contributed by atoms with E-state index in [1.165, 1.54) is 25.7 Å². The first-order valence-corrected chi connectivity index (χ1v) is 28.6. The molecule has 0 saturated heterocycles. The number of esters is 3. The first-order valence-electron chi connectivity index (χ1n) is 27.1. The lowest BCUT2D eigenvalue weighted by molar-refractivity contribution is -0.161. The molecule has 0 aliphatic heterocycles. The molecule has 0 amide bonds. The fourth-order valence-corrected chi connectivity index (χ4v) is 7.62. The normalized spacial score (nSPS) is 14.2. The van der Waals surface area contributed by atoms with Gasteiger partial charge in [0.2, 0.25) is 0 Å². The van der Waals surface area contributed by atoms with Crippen LogP contribution in [0, 0.1) is 0 Å². The average molecular weight is 1000 g/mol. The van der Waals surface area contributed by atoms with Gasteiger partial charge in [0.15, 0.2) is 6.10 Å². The van der Waals surface area contributed by atoms with Crippen LogP contribution in [0.2, 0.25) is 0 Å². The second kappa shape index (κ2) is 51.7. The summed E-state index contributed by atoms with van der Waals surface area (Å²) < 4.78 is 39.3. The van der Waals surface area contributed by atoms with Crippen molar-refractivity contribution in [1.29, 1.82) is 0 Å². The minimum absolute atomic E-state index is 0.134. The van der Waals surface area contributed by atoms with Gasteiger partial charge in [0.1, 0.15) is 12.7 Å². The number of hydrogen-bond donors (Lipinski definition) is 2. The van der Waals surface area contributed by atoms with E-state index in [-0.39, 0.29) is 25.9 Å². The van der Waals surface area contributed by atoms with Crippen molar-refractivity contribution >= 4 is 25.7 Å². The fraction of sp³-hybridized carbons (Fsp3) is 0.672. The highest BCUT2D eigenvalue weighted by Crippen LogP contribution is 2.43. The molecule has 70 heavy (non-hydrogen) atoms. The van der Waals surface area contributed by atoms with E-state index in [2.05, 4.69) is 112 Å². The highest BCUT2D eigenvalue weighted by Gasteiger charge is 2.28. The summed E-state index contributed by atoms with van der Waals surface area (Å²) in [5.74, 6) is -1.57. The van der Waals surface area contributed by atoms with Crippen LogP contribution in [0.15, 0.2) is 97.2 Å². The van der Waals surface area contributed by atoms with Crippen LogP contribution < -0.4 is 0 Å². The van der Waals surface area contributed by atoms with Crippen molar-refractivity contribution < 1.29 is 52.2 Å². The van der Waals surface area contributed by atoms with Gasteiger partial charge in [0.25, 0.3) is 0 Å². The molecule has 0 aliphatic rings. The molecule has 0 aromatic carbocycles. The molecular formula is C58H97O11P. The number of hydrogen-bond acceptors (Lipinski definition) is 10. The van der Waals surface area contributed by atoms with Crippen molar-refractivity contribution in [3.05, 3.63) is 97.2 Å². The molecule has 0 saturated carbocycles. The molecule has 3 atom stereocenters. The summed E-state index contributed by atoms with van der Waals surface area (Å²) in [4.78, 5) is 48.4. The van der Waals surface area contributed by atoms with Crippen LogP contribution in [0.4, 0.5) is 0 Å². The van der Waals surface area contributed by atoms with E-state index in [0.717, 1.165) is 122 Å². The maximum Gasteiger partial charge on any atom is 0.472 e. The predicted octanol–water partition coefficient (Wildman–Crippen LogP) is 15.7. The molecule has 0 rings (SSSR count). The zero-order chi connectivity index (χ0) is 51.3. The van der Waals surface area contributed by atoms with Gasteiger partial charge >= 0.3 is 25.7 Å². The Hall–Kier alpha value is -3.60. The third-order valence-electron chi connectivity index (χ3n) is 10.9. The molecule has 0 aromatic heterocycles. The molecule has 0 aromatic rings. The molecule has 0 heterocycles. The standard InChI is InChI=1S/C58H97O11P/c1-4-7-10-13-16-19-22-25-26-27-28-31-32-35-38-41-44-47-56(60)65-51-55(69-58(62)49-46-43-40-37-34-30-24-21-18-15-12-9-6-3)53-67-70(63,64)66-52-54(50-59)68-57(61)48-45-42-39-36-33-29-23-20-17-14-11-8-5-2/h7,10,12,15-16,19-21,23-26,28,31,35,38,54-55,59H,4-6,8-9,11,13-14,17-18,22,27,29-30,32-34,36-37,39-53H2,1-3H3,(H,63,64)/b10-7-,15-12-,19-16-,23-20-,24-21-,26-25-,31-28-,38-35-. The Kier molecular flexibility index (Phi) is 49.1. The summed E-state index contributed by atoms with van der Waals surface area (Å²) in [5, 5.41) is 9.78. The van der Waals surface area contributed by atoms with Crippen molar-refractivity contribution in [2.75, 3.05) is 26.4 Å². The summed E-state index contributed by atoms with van der Waals surface area (Å²) in [6.45, 7) is 4.34. The third-order valence-corrected chi connectivity index (χ3v) is 11.9. The highest BCUT2D eigenvalue weighted by atomic mass is 31.2. The Balaban J connectivity index is 4.84. The Labute approximate surface area is 425 Å². The van der Waals surface area contributed by atoms with Crippen LogP contribution >= 0.6 is 7.82 Å². The van der Waals surface area contributed by atoms with Crippen molar-refractivity contribution in [3.8, 4) is 0 Å². The minimum Gasteiger partial charge on any atom is -0.462 e. The van der Waals surface area contributed by atoms with Crippen LogP contribution in [-0.4, -0.2) is 66.5 Å². The van der Waals surface area contributed by atoms with E-state index < -0.39 is 57.8 Å². The van der Waals surface area contributed by atoms with Gasteiger partial charge in [-0.15, -0.1) is 0 Å². The van der Waals surface area contributed by atoms with E-state index in [1.54, 1.807) is 0 Å². The van der Waals surface area contributed by atoms with Gasteiger partial charge in [-0.05, 0) is 109 Å². The lowest BCUT2D eigenvalue weighted by atomic mass is 10.1. The van der Waals surface area contributed by atoms with Gasteiger partial charge in [-0.3, -0.25) is 23.4 Å². The van der Waals surface area contributed by atoms with Gasteiger partial charge in [-0.25, -0.2) is 4.57 Å². The molecule has 3 unspecified atom stereocenters. The number of unbranched alkanes of at least 4 members (excludes halogenated alkanes) is 16. The summed E-state index contributed by atoms with van der Waals surface area (Å²) >= 11 is 0. The molecule has 0 fully saturated rings. The van der Waals surface area contributed by atoms with Gasteiger partial charge in [-0.1, -0.05) is 182 Å². The number of carbonyl (C=O) groups is 3. The molecular weight excluding hydrogens is 904 g/mol. The largest absolute Gasteiger partial charge is 0.472 e. The maximum absolute atomic E-state index is 12.9. The smallest absolute Gasteiger partial charge is 0.462 e. The lowest BCUT2D eigenvalue weighted by Crippen LogP contribution is -2.30. The zero-order valence-corrected chi connectivity index (χ0v) is 44.8. The number of aliphatic hydroxyl groups excluding tert-OH is 1. The van der Waals surface area contributed by atoms with Crippen LogP contribution in [0.1, 0.15) is 213 Å². The number of allylic oxidation sites excluding steroid dienone is 16. The molecule has 0 spiro atoms. The number of ether oxygens (including phenoxy) is 3. The monoisotopic (exact) mass is 1000 g/mol. The SMILES string of the molecule is CC/C=C\C/C=C\C/C=C\C/C=C\C/C=C\CCCC(=O)OCC(COP(=O)(O)OCC(CO)OC(=O)CCCCCCC/C=C\CCCCCC)OC(=O)CCCCCCC/C=C\C/C=C\CCC. The molecule has 2 N–H and O–H groups in total. The van der Waals surface area contributed by atoms with E-state index in [1.807, 2.05) is 6.08 Å². The van der Waals surface area contributed by atoms with E-state index in [9.17, 15) is 28.9 Å². The number of phosphoric ester groups is 1. The van der Waals surface area contributed by atoms with E-state index in [0.29, 0.717) is 25.7 Å². The molecule has 0 bridgehead atoms. The first kappa shape index (κ1) is 66.4. The van der Waals surface area contributed by atoms with Crippen molar-refractivity contribution in [2.24, 2.45) is 0 Å². The van der Waals surface area contributed by atoms with E-state index >= 15 is 0 Å². The van der Waals surface area contributed by atoms with Gasteiger partial charge in [0.05, 0.1) is 19.8 Å². The lowest BCUT2D eigenvalue weighted by Gasteiger charge is -2.21. The van der Waals surface area contributed by atoms with Crippen LogP contribution in [0.3, 0.4) is 0 Å². The second-order valence-electron chi connectivity index (χ2n) is 17.7. The topological polar surface area (TPSA) is 155 Å². The van der Waals surface area contributed by atoms with Gasteiger partial charge in [-0.2, -0.15) is 0 Å². The molecule has 0 aliphatic carbocycles. The van der Waals surface area contributed by atoms with E-state index in [4.69, 9.17) is 23.3 Å². The number of carbonyl (C=O) groups excluding carboxylic acids is 3. The summed E-state index contributed by atoms with van der Waals surface area (Å²) in [5.41, 5.74) is 0. The Morgan fingerprint density at radius 3 is 1.26 bits per heavy atom. The fourth-order valence-electron chi connectivity index (χ4n) is 6.83. The summed E-state index contributed by atoms with van der Waals surface area (Å²) in [6, 6.07) is 0. The third kappa shape index (κ3) is 49.4. The molecule has 12 heteroatoms. The Morgan fingerprint density at radius 2 is 0.786 bits per heavy atom. The van der Waals surface area contributed by atoms with Crippen LogP contribution in [0.5, 0.6) is 0 Å².